The zero-order valence-electron chi connectivity index (χ0n) is 14.8. The SMILES string of the molecule is CCC(C=O)NC(=O)NCCCC(C)CNC(=O)NC(C=O)CC. The molecule has 138 valence electrons. The van der Waals surface area contributed by atoms with Gasteiger partial charge >= 0.3 is 12.1 Å². The van der Waals surface area contributed by atoms with Gasteiger partial charge in [-0.15, -0.1) is 0 Å². The number of hydrogen-bond acceptors (Lipinski definition) is 4. The Morgan fingerprint density at radius 2 is 1.42 bits per heavy atom. The van der Waals surface area contributed by atoms with Gasteiger partial charge in [0.1, 0.15) is 12.6 Å². The van der Waals surface area contributed by atoms with Crippen LogP contribution in [0.3, 0.4) is 0 Å². The molecule has 0 aliphatic heterocycles. The number of amides is 4. The lowest BCUT2D eigenvalue weighted by Gasteiger charge is -2.16. The first-order chi connectivity index (χ1) is 11.5. The largest absolute Gasteiger partial charge is 0.338 e. The molecular formula is C16H30N4O4. The minimum atomic E-state index is -0.457. The molecule has 0 saturated heterocycles. The number of aldehydes is 2. The molecule has 0 spiro atoms. The topological polar surface area (TPSA) is 116 Å². The fourth-order valence-electron chi connectivity index (χ4n) is 1.92. The van der Waals surface area contributed by atoms with Gasteiger partial charge in [-0.25, -0.2) is 9.59 Å². The monoisotopic (exact) mass is 342 g/mol. The summed E-state index contributed by atoms with van der Waals surface area (Å²) in [6.07, 6.45) is 4.14. The van der Waals surface area contributed by atoms with Crippen molar-refractivity contribution < 1.29 is 19.2 Å². The molecule has 0 aromatic carbocycles. The van der Waals surface area contributed by atoms with Gasteiger partial charge in [-0.1, -0.05) is 20.8 Å². The molecule has 4 N–H and O–H groups in total. The summed E-state index contributed by atoms with van der Waals surface area (Å²) >= 11 is 0. The zero-order chi connectivity index (χ0) is 18.4. The first-order valence-electron chi connectivity index (χ1n) is 8.46. The highest BCUT2D eigenvalue weighted by atomic mass is 16.2. The van der Waals surface area contributed by atoms with E-state index in [9.17, 15) is 19.2 Å². The Balaban J connectivity index is 3.77. The van der Waals surface area contributed by atoms with Crippen LogP contribution in [0.1, 0.15) is 46.5 Å². The summed E-state index contributed by atoms with van der Waals surface area (Å²) in [4.78, 5) is 44.4. The Morgan fingerprint density at radius 3 is 1.88 bits per heavy atom. The van der Waals surface area contributed by atoms with Gasteiger partial charge in [0.2, 0.25) is 0 Å². The maximum absolute atomic E-state index is 11.6. The van der Waals surface area contributed by atoms with Crippen molar-refractivity contribution in [2.24, 2.45) is 5.92 Å². The van der Waals surface area contributed by atoms with Crippen LogP contribution in [0.25, 0.3) is 0 Å². The van der Waals surface area contributed by atoms with E-state index in [1.54, 1.807) is 0 Å². The second-order valence-corrected chi connectivity index (χ2v) is 5.80. The Kier molecular flexibility index (Phi) is 12.2. The van der Waals surface area contributed by atoms with E-state index in [0.29, 0.717) is 38.5 Å². The summed E-state index contributed by atoms with van der Waals surface area (Å²) in [6.45, 7) is 6.64. The number of carbonyl (C=O) groups is 4. The van der Waals surface area contributed by atoms with Gasteiger partial charge < -0.3 is 30.9 Å². The smallest absolute Gasteiger partial charge is 0.315 e. The van der Waals surface area contributed by atoms with Crippen molar-refractivity contribution in [1.29, 1.82) is 0 Å². The Labute approximate surface area is 143 Å². The summed E-state index contributed by atoms with van der Waals surface area (Å²) in [6, 6.07) is -1.61. The van der Waals surface area contributed by atoms with E-state index in [-0.39, 0.29) is 18.0 Å². The van der Waals surface area contributed by atoms with Crippen LogP contribution in [0.4, 0.5) is 9.59 Å². The molecule has 8 nitrogen and oxygen atoms in total. The fraction of sp³-hybridized carbons (Fsp3) is 0.750. The third kappa shape index (κ3) is 10.6. The van der Waals surface area contributed by atoms with Gasteiger partial charge in [-0.2, -0.15) is 0 Å². The summed E-state index contributed by atoms with van der Waals surface area (Å²) in [5.74, 6) is 0.246. The highest BCUT2D eigenvalue weighted by Crippen LogP contribution is 2.03. The highest BCUT2D eigenvalue weighted by Gasteiger charge is 2.11. The van der Waals surface area contributed by atoms with E-state index in [1.807, 2.05) is 20.8 Å². The molecule has 0 aromatic rings. The number of rotatable bonds is 12. The van der Waals surface area contributed by atoms with Gasteiger partial charge in [0.25, 0.3) is 0 Å². The second kappa shape index (κ2) is 13.3. The molecule has 24 heavy (non-hydrogen) atoms. The fourth-order valence-corrected chi connectivity index (χ4v) is 1.92. The van der Waals surface area contributed by atoms with Crippen molar-refractivity contribution in [1.82, 2.24) is 21.3 Å². The lowest BCUT2D eigenvalue weighted by Crippen LogP contribution is -2.44. The van der Waals surface area contributed by atoms with E-state index in [0.717, 1.165) is 12.8 Å². The molecule has 8 heteroatoms. The number of nitrogens with one attached hydrogen (secondary N) is 4. The molecule has 0 aliphatic carbocycles. The summed E-state index contributed by atoms with van der Waals surface area (Å²) in [5, 5.41) is 10.6. The predicted octanol–water partition coefficient (Wildman–Crippen LogP) is 0.956. The number of hydrogen-bond donors (Lipinski definition) is 4. The summed E-state index contributed by atoms with van der Waals surface area (Å²) in [5.41, 5.74) is 0. The molecular weight excluding hydrogens is 312 g/mol. The second-order valence-electron chi connectivity index (χ2n) is 5.80. The molecule has 0 heterocycles. The van der Waals surface area contributed by atoms with Crippen molar-refractivity contribution in [3.63, 3.8) is 0 Å². The average molecular weight is 342 g/mol. The first-order valence-corrected chi connectivity index (χ1v) is 8.46. The first kappa shape index (κ1) is 21.9. The van der Waals surface area contributed by atoms with Gasteiger partial charge in [-0.05, 0) is 31.6 Å². The molecule has 0 aromatic heterocycles. The van der Waals surface area contributed by atoms with Gasteiger partial charge in [0.05, 0.1) is 12.1 Å². The summed E-state index contributed by atoms with van der Waals surface area (Å²) < 4.78 is 0. The lowest BCUT2D eigenvalue weighted by molar-refractivity contribution is -0.110. The number of urea groups is 2. The molecule has 0 rings (SSSR count). The maximum atomic E-state index is 11.6. The molecule has 0 fully saturated rings. The van der Waals surface area contributed by atoms with E-state index < -0.39 is 12.1 Å². The minimum absolute atomic E-state index is 0.246. The van der Waals surface area contributed by atoms with Crippen LogP contribution in [0, 0.1) is 5.92 Å². The van der Waals surface area contributed by atoms with Crippen molar-refractivity contribution in [3.8, 4) is 0 Å². The molecule has 4 amide bonds. The number of carbonyl (C=O) groups excluding carboxylic acids is 4. The third-order valence-electron chi connectivity index (χ3n) is 3.61. The van der Waals surface area contributed by atoms with Gasteiger partial charge in [-0.3, -0.25) is 0 Å². The van der Waals surface area contributed by atoms with Crippen LogP contribution in [0.5, 0.6) is 0 Å². The Hall–Kier alpha value is -2.12. The van der Waals surface area contributed by atoms with Crippen molar-refractivity contribution in [2.75, 3.05) is 13.1 Å². The van der Waals surface area contributed by atoms with Crippen molar-refractivity contribution in [3.05, 3.63) is 0 Å². The quantitative estimate of drug-likeness (QED) is 0.312. The highest BCUT2D eigenvalue weighted by molar-refractivity contribution is 5.78. The van der Waals surface area contributed by atoms with Gasteiger partial charge in [0.15, 0.2) is 0 Å². The van der Waals surface area contributed by atoms with Crippen LogP contribution >= 0.6 is 0 Å². The van der Waals surface area contributed by atoms with Crippen LogP contribution in [0.15, 0.2) is 0 Å². The van der Waals surface area contributed by atoms with E-state index in [1.165, 1.54) is 0 Å². The Morgan fingerprint density at radius 1 is 0.917 bits per heavy atom. The molecule has 3 unspecified atom stereocenters. The molecule has 3 atom stereocenters. The zero-order valence-corrected chi connectivity index (χ0v) is 14.8. The standard InChI is InChI=1S/C16H30N4O4/c1-4-13(10-21)19-15(23)17-8-6-7-12(3)9-18-16(24)20-14(5-2)11-22/h10-14H,4-9H2,1-3H3,(H2,17,19,23)(H2,18,20,24). The van der Waals surface area contributed by atoms with Crippen LogP contribution in [-0.4, -0.2) is 49.8 Å². The van der Waals surface area contributed by atoms with Crippen LogP contribution in [-0.2, 0) is 9.59 Å². The van der Waals surface area contributed by atoms with Gasteiger partial charge in [0, 0.05) is 13.1 Å². The van der Waals surface area contributed by atoms with Crippen molar-refractivity contribution >= 4 is 24.6 Å². The van der Waals surface area contributed by atoms with Crippen LogP contribution < -0.4 is 21.3 Å². The van der Waals surface area contributed by atoms with E-state index >= 15 is 0 Å². The van der Waals surface area contributed by atoms with E-state index in [4.69, 9.17) is 0 Å². The van der Waals surface area contributed by atoms with Crippen LogP contribution in [0.2, 0.25) is 0 Å². The Bertz CT molecular complexity index is 404. The van der Waals surface area contributed by atoms with E-state index in [2.05, 4.69) is 21.3 Å². The molecule has 0 saturated carbocycles. The summed E-state index contributed by atoms with van der Waals surface area (Å²) in [7, 11) is 0. The predicted molar refractivity (Wildman–Crippen MR) is 91.8 cm³/mol. The minimum Gasteiger partial charge on any atom is -0.338 e. The normalized spacial score (nSPS) is 14.0. The third-order valence-corrected chi connectivity index (χ3v) is 3.61. The van der Waals surface area contributed by atoms with Crippen molar-refractivity contribution in [2.45, 2.75) is 58.5 Å². The molecule has 0 radical (unpaired) electrons. The molecule has 0 bridgehead atoms. The molecule has 0 aliphatic rings. The average Bonchev–Trinajstić information content (AvgIpc) is 2.59. The maximum Gasteiger partial charge on any atom is 0.315 e. The lowest BCUT2D eigenvalue weighted by atomic mass is 10.1.